The first-order chi connectivity index (χ1) is 14.1. The van der Waals surface area contributed by atoms with Crippen LogP contribution in [0.1, 0.15) is 41.6 Å². The lowest BCUT2D eigenvalue weighted by atomic mass is 9.77. The Morgan fingerprint density at radius 1 is 1.28 bits per heavy atom. The molecule has 1 fully saturated rings. The molecule has 0 unspecified atom stereocenters. The average molecular weight is 411 g/mol. The number of rotatable bonds is 3. The van der Waals surface area contributed by atoms with Crippen LogP contribution in [0, 0.1) is 17.1 Å². The predicted octanol–water partition coefficient (Wildman–Crippen LogP) is 3.57. The number of halogens is 2. The number of hydrogen-bond donors (Lipinski definition) is 2. The van der Waals surface area contributed by atoms with Crippen LogP contribution < -0.4 is 10.6 Å². The molecule has 0 saturated carbocycles. The van der Waals surface area contributed by atoms with Crippen molar-refractivity contribution in [2.75, 3.05) is 18.4 Å². The standard InChI is InChI=1S/C21H20ClFN6/c22-17-12-27-29-19(26-11-14-7-13(10-24)8-15(23)9-14)16-1-2-21(3-5-25-6-4-21)18(16)28-20(17)29/h7-9,12,25-26H,1-6,11H2. The van der Waals surface area contributed by atoms with Crippen LogP contribution in [-0.2, 0) is 18.4 Å². The SMILES string of the molecule is N#Cc1cc(F)cc(CNc2c3c(nc4c(Cl)cnn24)C2(CCNCC2)CC3)c1. The third-order valence-corrected chi connectivity index (χ3v) is 6.43. The lowest BCUT2D eigenvalue weighted by Gasteiger charge is -2.34. The van der Waals surface area contributed by atoms with Gasteiger partial charge in [0.1, 0.15) is 16.7 Å². The van der Waals surface area contributed by atoms with Crippen LogP contribution in [0.5, 0.6) is 0 Å². The van der Waals surface area contributed by atoms with Crippen LogP contribution in [0.3, 0.4) is 0 Å². The molecule has 1 saturated heterocycles. The van der Waals surface area contributed by atoms with E-state index in [4.69, 9.17) is 21.8 Å². The first kappa shape index (κ1) is 18.3. The molecule has 0 bridgehead atoms. The second-order valence-corrected chi connectivity index (χ2v) is 8.27. The maximum Gasteiger partial charge on any atom is 0.176 e. The van der Waals surface area contributed by atoms with Gasteiger partial charge in [0.05, 0.1) is 23.5 Å². The van der Waals surface area contributed by atoms with Gasteiger partial charge in [-0.1, -0.05) is 11.6 Å². The van der Waals surface area contributed by atoms with Gasteiger partial charge in [-0.25, -0.2) is 9.37 Å². The molecule has 0 amide bonds. The molecular weight excluding hydrogens is 391 g/mol. The van der Waals surface area contributed by atoms with Crippen LogP contribution in [0.15, 0.2) is 24.4 Å². The summed E-state index contributed by atoms with van der Waals surface area (Å²) in [5, 5.41) is 20.9. The highest BCUT2D eigenvalue weighted by Crippen LogP contribution is 2.46. The van der Waals surface area contributed by atoms with Gasteiger partial charge in [-0.2, -0.15) is 14.9 Å². The molecule has 29 heavy (non-hydrogen) atoms. The summed E-state index contributed by atoms with van der Waals surface area (Å²) in [5.41, 5.74) is 4.02. The minimum absolute atomic E-state index is 0.0825. The molecule has 5 rings (SSSR count). The second-order valence-electron chi connectivity index (χ2n) is 7.86. The zero-order valence-corrected chi connectivity index (χ0v) is 16.6. The fourth-order valence-electron chi connectivity index (χ4n) is 4.73. The van der Waals surface area contributed by atoms with E-state index in [1.807, 2.05) is 6.07 Å². The van der Waals surface area contributed by atoms with Crippen molar-refractivity contribution in [1.82, 2.24) is 19.9 Å². The summed E-state index contributed by atoms with van der Waals surface area (Å²) in [4.78, 5) is 4.95. The van der Waals surface area contributed by atoms with E-state index in [9.17, 15) is 4.39 Å². The van der Waals surface area contributed by atoms with E-state index in [1.165, 1.54) is 12.1 Å². The van der Waals surface area contributed by atoms with Gasteiger partial charge in [0, 0.05) is 17.5 Å². The molecule has 2 N–H and O–H groups in total. The van der Waals surface area contributed by atoms with E-state index < -0.39 is 5.82 Å². The number of aromatic nitrogens is 3. The van der Waals surface area contributed by atoms with E-state index in [2.05, 4.69) is 15.7 Å². The zero-order valence-electron chi connectivity index (χ0n) is 15.8. The summed E-state index contributed by atoms with van der Waals surface area (Å²) in [6.07, 6.45) is 5.71. The number of anilines is 1. The summed E-state index contributed by atoms with van der Waals surface area (Å²) in [5.74, 6) is 0.442. The third kappa shape index (κ3) is 3.04. The lowest BCUT2D eigenvalue weighted by Crippen LogP contribution is -2.39. The molecule has 3 aromatic rings. The van der Waals surface area contributed by atoms with Crippen LogP contribution in [0.2, 0.25) is 5.02 Å². The lowest BCUT2D eigenvalue weighted by molar-refractivity contribution is 0.301. The monoisotopic (exact) mass is 410 g/mol. The average Bonchev–Trinajstić information content (AvgIpc) is 3.27. The molecule has 8 heteroatoms. The van der Waals surface area contributed by atoms with Crippen molar-refractivity contribution in [1.29, 1.82) is 5.26 Å². The Hall–Kier alpha value is -2.69. The third-order valence-electron chi connectivity index (χ3n) is 6.17. The summed E-state index contributed by atoms with van der Waals surface area (Å²) in [6, 6.07) is 6.37. The highest BCUT2D eigenvalue weighted by molar-refractivity contribution is 6.33. The molecule has 2 aromatic heterocycles. The van der Waals surface area contributed by atoms with Crippen molar-refractivity contribution in [3.05, 3.63) is 57.6 Å². The molecule has 2 aliphatic rings. The summed E-state index contributed by atoms with van der Waals surface area (Å²) < 4.78 is 15.6. The van der Waals surface area contributed by atoms with Crippen LogP contribution in [0.4, 0.5) is 10.2 Å². The van der Waals surface area contributed by atoms with Gasteiger partial charge in [-0.3, -0.25) is 0 Å². The fraction of sp³-hybridized carbons (Fsp3) is 0.381. The molecule has 148 valence electrons. The van der Waals surface area contributed by atoms with Crippen molar-refractivity contribution >= 4 is 23.1 Å². The zero-order chi connectivity index (χ0) is 20.0. The van der Waals surface area contributed by atoms with Gasteiger partial charge in [-0.15, -0.1) is 0 Å². The Morgan fingerprint density at radius 2 is 2.10 bits per heavy atom. The van der Waals surface area contributed by atoms with E-state index in [-0.39, 0.29) is 5.41 Å². The van der Waals surface area contributed by atoms with Gasteiger partial charge in [-0.05, 0) is 62.5 Å². The molecule has 1 aromatic carbocycles. The Bertz CT molecular complexity index is 1140. The Balaban J connectivity index is 1.57. The Kier molecular flexibility index (Phi) is 4.41. The predicted molar refractivity (Wildman–Crippen MR) is 109 cm³/mol. The molecule has 3 heterocycles. The minimum Gasteiger partial charge on any atom is -0.366 e. The molecule has 6 nitrogen and oxygen atoms in total. The van der Waals surface area contributed by atoms with Crippen molar-refractivity contribution in [2.45, 2.75) is 37.6 Å². The van der Waals surface area contributed by atoms with Crippen molar-refractivity contribution in [2.24, 2.45) is 0 Å². The van der Waals surface area contributed by atoms with Crippen LogP contribution >= 0.6 is 11.6 Å². The summed E-state index contributed by atoms with van der Waals surface area (Å²) >= 11 is 6.38. The smallest absolute Gasteiger partial charge is 0.176 e. The molecule has 0 atom stereocenters. The largest absolute Gasteiger partial charge is 0.366 e. The molecule has 0 radical (unpaired) electrons. The van der Waals surface area contributed by atoms with Gasteiger partial charge in [0.15, 0.2) is 5.65 Å². The van der Waals surface area contributed by atoms with Crippen molar-refractivity contribution in [3.8, 4) is 6.07 Å². The van der Waals surface area contributed by atoms with E-state index in [1.54, 1.807) is 16.8 Å². The van der Waals surface area contributed by atoms with E-state index in [0.717, 1.165) is 55.8 Å². The highest BCUT2D eigenvalue weighted by Gasteiger charge is 2.43. The van der Waals surface area contributed by atoms with Gasteiger partial charge >= 0.3 is 0 Å². The molecule has 1 aliphatic carbocycles. The van der Waals surface area contributed by atoms with Crippen LogP contribution in [0.25, 0.3) is 5.65 Å². The van der Waals surface area contributed by atoms with Crippen LogP contribution in [-0.4, -0.2) is 27.7 Å². The number of benzene rings is 1. The molecule has 1 aliphatic heterocycles. The normalized spacial score (nSPS) is 17.4. The number of nitrogens with zero attached hydrogens (tertiary/aromatic N) is 4. The van der Waals surface area contributed by atoms with Crippen molar-refractivity contribution in [3.63, 3.8) is 0 Å². The van der Waals surface area contributed by atoms with E-state index >= 15 is 0 Å². The quantitative estimate of drug-likeness (QED) is 0.690. The minimum atomic E-state index is -0.415. The Labute approximate surface area is 172 Å². The maximum atomic E-state index is 13.8. The highest BCUT2D eigenvalue weighted by atomic mass is 35.5. The molecular formula is C21H20ClFN6. The summed E-state index contributed by atoms with van der Waals surface area (Å²) in [6.45, 7) is 2.36. The number of piperidine rings is 1. The Morgan fingerprint density at radius 3 is 2.90 bits per heavy atom. The molecule has 1 spiro atoms. The fourth-order valence-corrected chi connectivity index (χ4v) is 4.90. The topological polar surface area (TPSA) is 78.0 Å². The maximum absolute atomic E-state index is 13.8. The number of nitrogens with one attached hydrogen (secondary N) is 2. The number of nitriles is 1. The second kappa shape index (κ2) is 6.97. The number of fused-ring (bicyclic) bond motifs is 3. The first-order valence-electron chi connectivity index (χ1n) is 9.80. The van der Waals surface area contributed by atoms with Gasteiger partial charge in [0.2, 0.25) is 0 Å². The van der Waals surface area contributed by atoms with E-state index in [0.29, 0.717) is 28.3 Å². The van der Waals surface area contributed by atoms with Gasteiger partial charge < -0.3 is 10.6 Å². The van der Waals surface area contributed by atoms with Crippen molar-refractivity contribution < 1.29 is 4.39 Å². The summed E-state index contributed by atoms with van der Waals surface area (Å²) in [7, 11) is 0. The number of hydrogen-bond acceptors (Lipinski definition) is 5. The van der Waals surface area contributed by atoms with Gasteiger partial charge in [0.25, 0.3) is 0 Å². The first-order valence-corrected chi connectivity index (χ1v) is 10.2.